The van der Waals surface area contributed by atoms with Crippen molar-refractivity contribution in [2.75, 3.05) is 50.1 Å². The molecule has 6 nitrogen and oxygen atoms in total. The first kappa shape index (κ1) is 21.4. The minimum atomic E-state index is -4.47. The Bertz CT molecular complexity index is 740. The van der Waals surface area contributed by atoms with Crippen molar-refractivity contribution in [2.45, 2.75) is 31.9 Å². The first-order valence-electron chi connectivity index (χ1n) is 9.95. The van der Waals surface area contributed by atoms with Gasteiger partial charge in [-0.3, -0.25) is 9.59 Å². The van der Waals surface area contributed by atoms with Crippen LogP contribution in [-0.4, -0.2) is 51.7 Å². The molecule has 1 amide bonds. The van der Waals surface area contributed by atoms with Crippen LogP contribution in [0.25, 0.3) is 0 Å². The van der Waals surface area contributed by atoms with Crippen molar-refractivity contribution in [2.24, 2.45) is 5.92 Å². The number of anilines is 2. The number of amides is 1. The van der Waals surface area contributed by atoms with Gasteiger partial charge in [0, 0.05) is 25.9 Å². The van der Waals surface area contributed by atoms with E-state index in [4.69, 9.17) is 4.74 Å². The Morgan fingerprint density at radius 2 is 1.86 bits per heavy atom. The highest BCUT2D eigenvalue weighted by Gasteiger charge is 2.33. The summed E-state index contributed by atoms with van der Waals surface area (Å²) in [5, 5.41) is 2.70. The molecule has 2 N–H and O–H groups in total. The largest absolute Gasteiger partial charge is 0.469 e. The molecule has 0 aliphatic carbocycles. The Morgan fingerprint density at radius 3 is 2.45 bits per heavy atom. The average Bonchev–Trinajstić information content (AvgIpc) is 3.21. The molecule has 2 fully saturated rings. The molecule has 0 saturated carbocycles. The number of esters is 1. The number of piperidine rings is 1. The number of benzene rings is 1. The lowest BCUT2D eigenvalue weighted by Gasteiger charge is -2.28. The molecule has 0 atom stereocenters. The molecule has 2 saturated heterocycles. The molecule has 9 heteroatoms. The third-order valence-electron chi connectivity index (χ3n) is 5.68. The van der Waals surface area contributed by atoms with Gasteiger partial charge in [0.05, 0.1) is 43.1 Å². The van der Waals surface area contributed by atoms with Crippen molar-refractivity contribution in [3.8, 4) is 0 Å². The van der Waals surface area contributed by atoms with Gasteiger partial charge in [0.2, 0.25) is 0 Å². The standard InChI is InChI=1S/C20H26F3N3O3/c1-29-19(28)14-6-10-25(11-7-14)13-18(27)24-16-12-15(20(21,22)23)4-5-17(16)26-8-2-3-9-26/h4-5,12,14H,2-3,6-11,13H2,1H3,(H,24,27)/p+1. The van der Waals surface area contributed by atoms with Crippen LogP contribution in [-0.2, 0) is 20.5 Å². The normalized spacial score (nSPS) is 22.4. The molecule has 1 aromatic rings. The fraction of sp³-hybridized carbons (Fsp3) is 0.600. The fourth-order valence-electron chi connectivity index (χ4n) is 4.07. The lowest BCUT2D eigenvalue weighted by atomic mass is 9.97. The second-order valence-electron chi connectivity index (χ2n) is 7.70. The molecule has 2 aliphatic heterocycles. The summed E-state index contributed by atoms with van der Waals surface area (Å²) >= 11 is 0. The smallest absolute Gasteiger partial charge is 0.416 e. The highest BCUT2D eigenvalue weighted by atomic mass is 19.4. The number of carbonyl (C=O) groups excluding carboxylic acids is 2. The van der Waals surface area contributed by atoms with Crippen molar-refractivity contribution in [1.29, 1.82) is 0 Å². The minimum absolute atomic E-state index is 0.142. The number of alkyl halides is 3. The summed E-state index contributed by atoms with van der Waals surface area (Å²) in [5.41, 5.74) is 0.0563. The number of likely N-dealkylation sites (tertiary alicyclic amines) is 1. The van der Waals surface area contributed by atoms with Gasteiger partial charge in [0.1, 0.15) is 0 Å². The van der Waals surface area contributed by atoms with Gasteiger partial charge in [0.15, 0.2) is 6.54 Å². The van der Waals surface area contributed by atoms with Gasteiger partial charge in [-0.25, -0.2) is 0 Å². The van der Waals surface area contributed by atoms with E-state index in [0.717, 1.165) is 43.0 Å². The zero-order chi connectivity index (χ0) is 21.0. The highest BCUT2D eigenvalue weighted by molar-refractivity contribution is 5.95. The Balaban J connectivity index is 1.66. The van der Waals surface area contributed by atoms with Gasteiger partial charge < -0.3 is 19.9 Å². The van der Waals surface area contributed by atoms with Crippen LogP contribution in [0.2, 0.25) is 0 Å². The van der Waals surface area contributed by atoms with E-state index in [0.29, 0.717) is 31.6 Å². The number of nitrogens with zero attached hydrogens (tertiary/aromatic N) is 1. The fourth-order valence-corrected chi connectivity index (χ4v) is 4.07. The molecule has 2 heterocycles. The van der Waals surface area contributed by atoms with E-state index in [1.54, 1.807) is 0 Å². The second-order valence-corrected chi connectivity index (χ2v) is 7.70. The molecule has 160 valence electrons. The molecule has 1 aromatic carbocycles. The number of ether oxygens (including phenoxy) is 1. The second kappa shape index (κ2) is 9.02. The number of halogens is 3. The van der Waals surface area contributed by atoms with Crippen LogP contribution in [0.5, 0.6) is 0 Å². The first-order chi connectivity index (χ1) is 13.8. The predicted octanol–water partition coefficient (Wildman–Crippen LogP) is 1.71. The highest BCUT2D eigenvalue weighted by Crippen LogP contribution is 2.36. The van der Waals surface area contributed by atoms with Crippen molar-refractivity contribution >= 4 is 23.3 Å². The number of quaternary nitrogens is 1. The van der Waals surface area contributed by atoms with Gasteiger partial charge in [-0.15, -0.1) is 0 Å². The van der Waals surface area contributed by atoms with E-state index in [2.05, 4.69) is 5.32 Å². The molecule has 2 aliphatic rings. The molecular formula is C20H27F3N3O3+. The van der Waals surface area contributed by atoms with Gasteiger partial charge in [-0.1, -0.05) is 0 Å². The maximum atomic E-state index is 13.1. The molecule has 0 radical (unpaired) electrons. The van der Waals surface area contributed by atoms with Crippen LogP contribution in [0.15, 0.2) is 18.2 Å². The summed E-state index contributed by atoms with van der Waals surface area (Å²) in [4.78, 5) is 27.2. The number of hydrogen-bond acceptors (Lipinski definition) is 4. The molecule has 0 aromatic heterocycles. The lowest BCUT2D eigenvalue weighted by Crippen LogP contribution is -3.14. The third kappa shape index (κ3) is 5.41. The number of nitrogens with one attached hydrogen (secondary N) is 2. The van der Waals surface area contributed by atoms with Crippen LogP contribution < -0.4 is 15.1 Å². The SMILES string of the molecule is COC(=O)C1CC[NH+](CC(=O)Nc2cc(C(F)(F)F)ccc2N2CCCC2)CC1. The Hall–Kier alpha value is -2.29. The first-order valence-corrected chi connectivity index (χ1v) is 9.95. The van der Waals surface area contributed by atoms with E-state index in [-0.39, 0.29) is 30.0 Å². The Labute approximate surface area is 168 Å². The molecule has 0 spiro atoms. The van der Waals surface area contributed by atoms with E-state index in [9.17, 15) is 22.8 Å². The minimum Gasteiger partial charge on any atom is -0.469 e. The van der Waals surface area contributed by atoms with Crippen LogP contribution >= 0.6 is 0 Å². The molecule has 0 unspecified atom stereocenters. The predicted molar refractivity (Wildman–Crippen MR) is 102 cm³/mol. The summed E-state index contributed by atoms with van der Waals surface area (Å²) in [5.74, 6) is -0.693. The molecular weight excluding hydrogens is 387 g/mol. The van der Waals surface area contributed by atoms with E-state index < -0.39 is 11.7 Å². The quantitative estimate of drug-likeness (QED) is 0.721. The van der Waals surface area contributed by atoms with Gasteiger partial charge in [-0.05, 0) is 31.0 Å². The van der Waals surface area contributed by atoms with Crippen LogP contribution in [0, 0.1) is 5.92 Å². The summed E-state index contributed by atoms with van der Waals surface area (Å²) in [6, 6.07) is 3.52. The Kier molecular flexibility index (Phi) is 6.66. The number of carbonyl (C=O) groups is 2. The number of hydrogen-bond donors (Lipinski definition) is 2. The number of methoxy groups -OCH3 is 1. The average molecular weight is 414 g/mol. The van der Waals surface area contributed by atoms with Gasteiger partial charge in [0.25, 0.3) is 5.91 Å². The molecule has 3 rings (SSSR count). The zero-order valence-electron chi connectivity index (χ0n) is 16.5. The Morgan fingerprint density at radius 1 is 1.21 bits per heavy atom. The summed E-state index contributed by atoms with van der Waals surface area (Å²) in [6.45, 7) is 2.98. The van der Waals surface area contributed by atoms with Crippen molar-refractivity contribution in [1.82, 2.24) is 0 Å². The molecule has 0 bridgehead atoms. The monoisotopic (exact) mass is 414 g/mol. The zero-order valence-corrected chi connectivity index (χ0v) is 16.5. The summed E-state index contributed by atoms with van der Waals surface area (Å²) in [7, 11) is 1.36. The topological polar surface area (TPSA) is 63.1 Å². The number of rotatable bonds is 5. The van der Waals surface area contributed by atoms with Crippen molar-refractivity contribution in [3.05, 3.63) is 23.8 Å². The van der Waals surface area contributed by atoms with E-state index in [1.807, 2.05) is 4.90 Å². The van der Waals surface area contributed by atoms with Gasteiger partial charge >= 0.3 is 12.1 Å². The molecule has 29 heavy (non-hydrogen) atoms. The van der Waals surface area contributed by atoms with Crippen molar-refractivity contribution < 1.29 is 32.4 Å². The van der Waals surface area contributed by atoms with E-state index >= 15 is 0 Å². The van der Waals surface area contributed by atoms with E-state index in [1.165, 1.54) is 13.2 Å². The summed E-state index contributed by atoms with van der Waals surface area (Å²) in [6.07, 6.45) is -1.23. The summed E-state index contributed by atoms with van der Waals surface area (Å²) < 4.78 is 44.2. The third-order valence-corrected chi connectivity index (χ3v) is 5.68. The van der Waals surface area contributed by atoms with Crippen molar-refractivity contribution in [3.63, 3.8) is 0 Å². The maximum absolute atomic E-state index is 13.1. The van der Waals surface area contributed by atoms with Crippen LogP contribution in [0.1, 0.15) is 31.2 Å². The lowest BCUT2D eigenvalue weighted by molar-refractivity contribution is -0.897. The maximum Gasteiger partial charge on any atom is 0.416 e. The van der Waals surface area contributed by atoms with Crippen LogP contribution in [0.4, 0.5) is 24.5 Å². The van der Waals surface area contributed by atoms with Crippen LogP contribution in [0.3, 0.4) is 0 Å². The van der Waals surface area contributed by atoms with Gasteiger partial charge in [-0.2, -0.15) is 13.2 Å².